The summed E-state index contributed by atoms with van der Waals surface area (Å²) in [5, 5.41) is 6.84. The van der Waals surface area contributed by atoms with Crippen LogP contribution in [0.2, 0.25) is 0 Å². The first-order valence-corrected chi connectivity index (χ1v) is 16.5. The normalized spacial score (nSPS) is 11.7. The molecule has 3 heterocycles. The van der Waals surface area contributed by atoms with Gasteiger partial charge < -0.3 is 8.98 Å². The fourth-order valence-electron chi connectivity index (χ4n) is 7.27. The number of pyridine rings is 1. The first-order chi connectivity index (χ1) is 24.3. The highest BCUT2D eigenvalue weighted by atomic mass is 16.3. The molecule has 0 aliphatic rings. The molecule has 0 saturated heterocycles. The first-order valence-electron chi connectivity index (χ1n) is 16.5. The van der Waals surface area contributed by atoms with E-state index in [-0.39, 0.29) is 0 Å². The third-order valence-electron chi connectivity index (χ3n) is 9.60. The molecular weight excluding hydrogens is 599 g/mol. The van der Waals surface area contributed by atoms with Crippen LogP contribution in [0.3, 0.4) is 0 Å². The summed E-state index contributed by atoms with van der Waals surface area (Å²) in [7, 11) is 0. The van der Waals surface area contributed by atoms with Crippen molar-refractivity contribution in [1.82, 2.24) is 9.55 Å². The van der Waals surface area contributed by atoms with Crippen LogP contribution < -0.4 is 4.90 Å². The number of anilines is 3. The van der Waals surface area contributed by atoms with Gasteiger partial charge in [0.1, 0.15) is 17.0 Å². The average molecular weight is 628 g/mol. The minimum absolute atomic E-state index is 0.783. The minimum atomic E-state index is 0.783. The number of hydrogen-bond donors (Lipinski definition) is 0. The van der Waals surface area contributed by atoms with Crippen molar-refractivity contribution in [2.45, 2.75) is 0 Å². The van der Waals surface area contributed by atoms with Gasteiger partial charge in [-0.15, -0.1) is 0 Å². The van der Waals surface area contributed by atoms with Crippen molar-refractivity contribution in [2.24, 2.45) is 0 Å². The van der Waals surface area contributed by atoms with E-state index in [9.17, 15) is 0 Å². The van der Waals surface area contributed by atoms with E-state index in [0.29, 0.717) is 0 Å². The highest BCUT2D eigenvalue weighted by molar-refractivity contribution is 6.12. The number of furan rings is 1. The molecule has 4 heteroatoms. The lowest BCUT2D eigenvalue weighted by Crippen LogP contribution is -2.11. The van der Waals surface area contributed by atoms with Crippen LogP contribution in [0.25, 0.3) is 71.3 Å². The smallest absolute Gasteiger partial charge is 0.141 e. The van der Waals surface area contributed by atoms with E-state index in [1.54, 1.807) is 0 Å². The van der Waals surface area contributed by atoms with Gasteiger partial charge in [0.05, 0.1) is 11.0 Å². The Kier molecular flexibility index (Phi) is 6.15. The predicted octanol–water partition coefficient (Wildman–Crippen LogP) is 12.4. The number of nitrogens with zero attached hydrogens (tertiary/aromatic N) is 3. The SMILES string of the molecule is c1ccc(-c2ccc(N(c3ccc4c5ccccc5n(-c5ccccc5)c4c3)c3cc4oc5cc6ccccc6cc5c4cn3)cc2)cc1. The summed E-state index contributed by atoms with van der Waals surface area (Å²) >= 11 is 0. The quantitative estimate of drug-likeness (QED) is 0.190. The van der Waals surface area contributed by atoms with E-state index < -0.39 is 0 Å². The molecule has 0 N–H and O–H groups in total. The number of rotatable bonds is 5. The van der Waals surface area contributed by atoms with Crippen LogP contribution in [0.1, 0.15) is 0 Å². The Bertz CT molecular complexity index is 2820. The molecule has 49 heavy (non-hydrogen) atoms. The zero-order valence-electron chi connectivity index (χ0n) is 26.5. The molecule has 0 aliphatic carbocycles. The van der Waals surface area contributed by atoms with Gasteiger partial charge in [-0.2, -0.15) is 0 Å². The van der Waals surface area contributed by atoms with Crippen molar-refractivity contribution >= 4 is 71.7 Å². The molecule has 4 nitrogen and oxygen atoms in total. The second-order valence-corrected chi connectivity index (χ2v) is 12.5. The number of para-hydroxylation sites is 2. The number of benzene rings is 7. The summed E-state index contributed by atoms with van der Waals surface area (Å²) in [4.78, 5) is 7.33. The van der Waals surface area contributed by atoms with Gasteiger partial charge in [0.25, 0.3) is 0 Å². The second-order valence-electron chi connectivity index (χ2n) is 12.5. The van der Waals surface area contributed by atoms with Gasteiger partial charge in [-0.25, -0.2) is 4.98 Å². The van der Waals surface area contributed by atoms with E-state index in [1.807, 2.05) is 12.3 Å². The summed E-state index contributed by atoms with van der Waals surface area (Å²) in [6.45, 7) is 0. The third-order valence-corrected chi connectivity index (χ3v) is 9.60. The monoisotopic (exact) mass is 627 g/mol. The third kappa shape index (κ3) is 4.49. The Balaban J connectivity index is 1.19. The van der Waals surface area contributed by atoms with Crippen LogP contribution in [0.15, 0.2) is 180 Å². The summed E-state index contributed by atoms with van der Waals surface area (Å²) in [5.74, 6) is 0.783. The maximum absolute atomic E-state index is 6.52. The van der Waals surface area contributed by atoms with Crippen LogP contribution in [0, 0.1) is 0 Å². The maximum atomic E-state index is 6.52. The second kappa shape index (κ2) is 11.0. The highest BCUT2D eigenvalue weighted by Gasteiger charge is 2.20. The van der Waals surface area contributed by atoms with Crippen molar-refractivity contribution in [3.05, 3.63) is 176 Å². The fourth-order valence-corrected chi connectivity index (χ4v) is 7.27. The molecule has 0 spiro atoms. The summed E-state index contributed by atoms with van der Waals surface area (Å²) in [6.07, 6.45) is 1.95. The van der Waals surface area contributed by atoms with E-state index in [4.69, 9.17) is 9.40 Å². The molecular formula is C45H29N3O. The Labute approximate surface area is 282 Å². The molecule has 230 valence electrons. The fraction of sp³-hybridized carbons (Fsp3) is 0. The zero-order chi connectivity index (χ0) is 32.3. The number of hydrogen-bond acceptors (Lipinski definition) is 3. The van der Waals surface area contributed by atoms with E-state index >= 15 is 0 Å². The van der Waals surface area contributed by atoms with Gasteiger partial charge >= 0.3 is 0 Å². The summed E-state index contributed by atoms with van der Waals surface area (Å²) < 4.78 is 8.87. The van der Waals surface area contributed by atoms with Crippen LogP contribution in [0.4, 0.5) is 17.2 Å². The van der Waals surface area contributed by atoms with Crippen molar-refractivity contribution in [3.8, 4) is 16.8 Å². The molecule has 7 aromatic carbocycles. The topological polar surface area (TPSA) is 34.2 Å². The Morgan fingerprint density at radius 1 is 0.449 bits per heavy atom. The van der Waals surface area contributed by atoms with Gasteiger partial charge in [-0.1, -0.05) is 109 Å². The number of aromatic nitrogens is 2. The molecule has 0 saturated carbocycles. The van der Waals surface area contributed by atoms with Gasteiger partial charge in [0.15, 0.2) is 0 Å². The van der Waals surface area contributed by atoms with E-state index in [2.05, 4.69) is 173 Å². The van der Waals surface area contributed by atoms with Crippen LogP contribution in [-0.2, 0) is 0 Å². The van der Waals surface area contributed by atoms with Gasteiger partial charge in [-0.05, 0) is 76.5 Å². The van der Waals surface area contributed by atoms with Crippen molar-refractivity contribution in [2.75, 3.05) is 4.90 Å². The van der Waals surface area contributed by atoms with E-state index in [1.165, 1.54) is 27.2 Å². The van der Waals surface area contributed by atoms with E-state index in [0.717, 1.165) is 61.3 Å². The highest BCUT2D eigenvalue weighted by Crippen LogP contribution is 2.41. The molecule has 0 fully saturated rings. The summed E-state index contributed by atoms with van der Waals surface area (Å²) in [5.41, 5.74) is 9.46. The zero-order valence-corrected chi connectivity index (χ0v) is 26.5. The molecule has 0 unspecified atom stereocenters. The molecule has 0 bridgehead atoms. The lowest BCUT2D eigenvalue weighted by atomic mass is 10.0. The lowest BCUT2D eigenvalue weighted by molar-refractivity contribution is 0.669. The van der Waals surface area contributed by atoms with Crippen LogP contribution in [-0.4, -0.2) is 9.55 Å². The number of fused-ring (bicyclic) bond motifs is 7. The lowest BCUT2D eigenvalue weighted by Gasteiger charge is -2.25. The minimum Gasteiger partial charge on any atom is -0.456 e. The van der Waals surface area contributed by atoms with Gasteiger partial charge in [0.2, 0.25) is 0 Å². The first kappa shape index (κ1) is 27.5. The van der Waals surface area contributed by atoms with Gasteiger partial charge in [0, 0.05) is 50.9 Å². The van der Waals surface area contributed by atoms with Crippen molar-refractivity contribution in [3.63, 3.8) is 0 Å². The van der Waals surface area contributed by atoms with Gasteiger partial charge in [-0.3, -0.25) is 4.90 Å². The molecule has 3 aromatic heterocycles. The van der Waals surface area contributed by atoms with Crippen molar-refractivity contribution in [1.29, 1.82) is 0 Å². The molecule has 0 radical (unpaired) electrons. The summed E-state index contributed by atoms with van der Waals surface area (Å²) in [6, 6.07) is 59.9. The molecule has 0 amide bonds. The molecule has 0 aliphatic heterocycles. The maximum Gasteiger partial charge on any atom is 0.141 e. The van der Waals surface area contributed by atoms with Crippen molar-refractivity contribution < 1.29 is 4.42 Å². The molecule has 10 rings (SSSR count). The Morgan fingerprint density at radius 3 is 1.90 bits per heavy atom. The Hall–Kier alpha value is -6.65. The standard InChI is InChI=1S/C45H29N3O/c1-3-11-30(12-4-1)31-19-21-35(22-20-31)47(45-28-44-40(29-46-45)39-25-32-13-7-8-14-33(32)26-43(39)49-44)36-23-24-38-37-17-9-10-18-41(37)48(42(38)27-36)34-15-5-2-6-16-34/h1-29H. The van der Waals surface area contributed by atoms with Crippen LogP contribution in [0.5, 0.6) is 0 Å². The Morgan fingerprint density at radius 2 is 1.08 bits per heavy atom. The molecule has 0 atom stereocenters. The van der Waals surface area contributed by atoms with Crippen LogP contribution >= 0.6 is 0 Å². The molecule has 10 aromatic rings. The largest absolute Gasteiger partial charge is 0.456 e. The average Bonchev–Trinajstić information content (AvgIpc) is 3.69. The predicted molar refractivity (Wildman–Crippen MR) is 203 cm³/mol.